The average molecular weight is 322 g/mol. The van der Waals surface area contributed by atoms with Crippen molar-refractivity contribution in [3.63, 3.8) is 0 Å². The van der Waals surface area contributed by atoms with Crippen LogP contribution in [0, 0.1) is 17.5 Å². The van der Waals surface area contributed by atoms with Gasteiger partial charge in [0.1, 0.15) is 5.75 Å². The van der Waals surface area contributed by atoms with Crippen molar-refractivity contribution in [2.45, 2.75) is 12.3 Å². The topological polar surface area (TPSA) is 44.8 Å². The summed E-state index contributed by atoms with van der Waals surface area (Å²) in [6, 6.07) is 4.87. The fourth-order valence-electron chi connectivity index (χ4n) is 2.81. The Kier molecular flexibility index (Phi) is 2.97. The number of carbonyl (C=O) groups is 1. The van der Waals surface area contributed by atoms with Gasteiger partial charge in [-0.25, -0.2) is 13.2 Å². The highest BCUT2D eigenvalue weighted by molar-refractivity contribution is 5.78. The van der Waals surface area contributed by atoms with Crippen molar-refractivity contribution < 1.29 is 32.2 Å². The number of carbonyl (C=O) groups excluding carboxylic acids is 1. The van der Waals surface area contributed by atoms with Gasteiger partial charge >= 0.3 is 5.97 Å². The van der Waals surface area contributed by atoms with E-state index in [0.717, 1.165) is 12.1 Å². The normalized spacial score (nSPS) is 18.6. The number of hydrogen-bond acceptors (Lipinski definition) is 4. The zero-order valence-electron chi connectivity index (χ0n) is 11.6. The van der Waals surface area contributed by atoms with Crippen LogP contribution in [0.25, 0.3) is 0 Å². The molecule has 0 saturated carbocycles. The Morgan fingerprint density at radius 3 is 2.26 bits per heavy atom. The highest BCUT2D eigenvalue weighted by Crippen LogP contribution is 2.46. The lowest BCUT2D eigenvalue weighted by Crippen LogP contribution is -2.21. The lowest BCUT2D eigenvalue weighted by Gasteiger charge is -2.25. The van der Waals surface area contributed by atoms with E-state index in [1.165, 1.54) is 6.07 Å². The zero-order valence-corrected chi connectivity index (χ0v) is 11.6. The molecule has 1 unspecified atom stereocenters. The fraction of sp³-hybridized carbons (Fsp3) is 0.188. The highest BCUT2D eigenvalue weighted by atomic mass is 19.2. The van der Waals surface area contributed by atoms with Crippen LogP contribution in [0.4, 0.5) is 13.2 Å². The second-order valence-corrected chi connectivity index (χ2v) is 5.27. The largest absolute Gasteiger partial charge is 0.454 e. The molecule has 4 nitrogen and oxygen atoms in total. The molecule has 118 valence electrons. The molecule has 0 amide bonds. The van der Waals surface area contributed by atoms with Gasteiger partial charge < -0.3 is 14.2 Å². The lowest BCUT2D eigenvalue weighted by molar-refractivity contribution is -0.135. The van der Waals surface area contributed by atoms with Gasteiger partial charge in [0.2, 0.25) is 6.79 Å². The first-order valence-corrected chi connectivity index (χ1v) is 6.81. The quantitative estimate of drug-likeness (QED) is 0.459. The summed E-state index contributed by atoms with van der Waals surface area (Å²) in [6.45, 7) is 0.0383. The van der Waals surface area contributed by atoms with Crippen LogP contribution in [0.15, 0.2) is 24.3 Å². The van der Waals surface area contributed by atoms with Gasteiger partial charge in [-0.15, -0.1) is 0 Å². The lowest BCUT2D eigenvalue weighted by atomic mass is 9.86. The summed E-state index contributed by atoms with van der Waals surface area (Å²) in [5.74, 6) is -4.25. The van der Waals surface area contributed by atoms with Gasteiger partial charge in [-0.05, 0) is 23.8 Å². The minimum absolute atomic E-state index is 0.0383. The first-order valence-electron chi connectivity index (χ1n) is 6.81. The van der Waals surface area contributed by atoms with Crippen molar-refractivity contribution in [3.8, 4) is 17.2 Å². The third-order valence-corrected chi connectivity index (χ3v) is 3.88. The molecular formula is C16H9F3O4. The van der Waals surface area contributed by atoms with E-state index in [9.17, 15) is 18.0 Å². The maximum absolute atomic E-state index is 13.5. The molecule has 7 heteroatoms. The van der Waals surface area contributed by atoms with E-state index in [1.54, 1.807) is 6.07 Å². The molecule has 0 saturated heterocycles. The van der Waals surface area contributed by atoms with Gasteiger partial charge in [-0.2, -0.15) is 0 Å². The molecule has 23 heavy (non-hydrogen) atoms. The van der Waals surface area contributed by atoms with E-state index < -0.39 is 29.3 Å². The standard InChI is InChI=1S/C16H9F3O4/c17-10-1-7(2-11(18)16(10)19)8-4-15(20)23-12-5-14-13(3-9(8)12)21-6-22-14/h1-3,5,8H,4,6H2. The number of esters is 1. The van der Waals surface area contributed by atoms with Crippen LogP contribution < -0.4 is 14.2 Å². The van der Waals surface area contributed by atoms with Gasteiger partial charge in [-0.3, -0.25) is 4.79 Å². The molecule has 0 radical (unpaired) electrons. The predicted octanol–water partition coefficient (Wildman–Crippen LogP) is 3.27. The Labute approximate surface area is 128 Å². The number of hydrogen-bond donors (Lipinski definition) is 0. The molecule has 1 atom stereocenters. The van der Waals surface area contributed by atoms with Crippen LogP contribution in [0.5, 0.6) is 17.2 Å². The maximum atomic E-state index is 13.5. The van der Waals surface area contributed by atoms with Crippen LogP contribution in [-0.2, 0) is 4.79 Å². The van der Waals surface area contributed by atoms with E-state index in [2.05, 4.69) is 0 Å². The molecule has 2 heterocycles. The van der Waals surface area contributed by atoms with Crippen LogP contribution in [0.1, 0.15) is 23.5 Å². The van der Waals surface area contributed by atoms with E-state index in [-0.39, 0.29) is 24.5 Å². The summed E-state index contributed by atoms with van der Waals surface area (Å²) < 4.78 is 55.8. The van der Waals surface area contributed by atoms with Crippen LogP contribution >= 0.6 is 0 Å². The van der Waals surface area contributed by atoms with E-state index in [0.29, 0.717) is 17.1 Å². The van der Waals surface area contributed by atoms with Gasteiger partial charge in [0.05, 0.1) is 6.42 Å². The first kappa shape index (κ1) is 13.9. The molecule has 0 bridgehead atoms. The molecule has 0 N–H and O–H groups in total. The van der Waals surface area contributed by atoms with Crippen molar-refractivity contribution in [1.29, 1.82) is 0 Å². The summed E-state index contributed by atoms with van der Waals surface area (Å²) in [5.41, 5.74) is 0.678. The van der Waals surface area contributed by atoms with Gasteiger partial charge in [0.15, 0.2) is 29.0 Å². The molecule has 0 fully saturated rings. The first-order chi connectivity index (χ1) is 11.0. The van der Waals surface area contributed by atoms with Gasteiger partial charge in [0, 0.05) is 17.5 Å². The van der Waals surface area contributed by atoms with Crippen LogP contribution in [0.2, 0.25) is 0 Å². The Balaban J connectivity index is 1.86. The SMILES string of the molecule is O=C1CC(c2cc(F)c(F)c(F)c2)c2cc3c(cc2O1)OCO3. The smallest absolute Gasteiger partial charge is 0.312 e. The minimum atomic E-state index is -1.54. The molecular weight excluding hydrogens is 313 g/mol. The third kappa shape index (κ3) is 2.19. The van der Waals surface area contributed by atoms with E-state index in [4.69, 9.17) is 14.2 Å². The summed E-state index contributed by atoms with van der Waals surface area (Å²) >= 11 is 0. The summed E-state index contributed by atoms with van der Waals surface area (Å²) in [4.78, 5) is 11.8. The predicted molar refractivity (Wildman–Crippen MR) is 71.0 cm³/mol. The number of fused-ring (bicyclic) bond motifs is 2. The minimum Gasteiger partial charge on any atom is -0.454 e. The third-order valence-electron chi connectivity index (χ3n) is 3.88. The Morgan fingerprint density at radius 1 is 0.913 bits per heavy atom. The number of halogens is 3. The number of ether oxygens (including phenoxy) is 3. The monoisotopic (exact) mass is 322 g/mol. The Hall–Kier alpha value is -2.70. The van der Waals surface area contributed by atoms with Crippen LogP contribution in [-0.4, -0.2) is 12.8 Å². The zero-order chi connectivity index (χ0) is 16.1. The molecule has 0 aliphatic carbocycles. The Morgan fingerprint density at radius 2 is 1.57 bits per heavy atom. The van der Waals surface area contributed by atoms with Crippen molar-refractivity contribution in [2.24, 2.45) is 0 Å². The number of benzene rings is 2. The summed E-state index contributed by atoms with van der Waals surface area (Å²) in [6.07, 6.45) is -0.114. The molecule has 2 aromatic rings. The second-order valence-electron chi connectivity index (χ2n) is 5.27. The highest BCUT2D eigenvalue weighted by Gasteiger charge is 2.32. The van der Waals surface area contributed by atoms with Crippen molar-refractivity contribution in [3.05, 3.63) is 52.8 Å². The molecule has 2 aromatic carbocycles. The van der Waals surface area contributed by atoms with Crippen molar-refractivity contribution in [1.82, 2.24) is 0 Å². The molecule has 4 rings (SSSR count). The summed E-state index contributed by atoms with van der Waals surface area (Å²) in [7, 11) is 0. The van der Waals surface area contributed by atoms with Gasteiger partial charge in [0.25, 0.3) is 0 Å². The van der Waals surface area contributed by atoms with Crippen LogP contribution in [0.3, 0.4) is 0 Å². The molecule has 2 aliphatic heterocycles. The van der Waals surface area contributed by atoms with Gasteiger partial charge in [-0.1, -0.05) is 0 Å². The van der Waals surface area contributed by atoms with E-state index in [1.807, 2.05) is 0 Å². The molecule has 0 aromatic heterocycles. The fourth-order valence-corrected chi connectivity index (χ4v) is 2.81. The second kappa shape index (κ2) is 4.91. The van der Waals surface area contributed by atoms with Crippen molar-refractivity contribution >= 4 is 5.97 Å². The maximum Gasteiger partial charge on any atom is 0.312 e. The number of rotatable bonds is 1. The average Bonchev–Trinajstić information content (AvgIpc) is 2.96. The van der Waals surface area contributed by atoms with E-state index >= 15 is 0 Å². The summed E-state index contributed by atoms with van der Waals surface area (Å²) in [5, 5.41) is 0. The molecule has 2 aliphatic rings. The van der Waals surface area contributed by atoms with Crippen molar-refractivity contribution in [2.75, 3.05) is 6.79 Å². The Bertz CT molecular complexity index is 811. The molecule has 0 spiro atoms.